The largest absolute Gasteiger partial charge is 0.393 e. The molecular weight excluding hydrogens is 148 g/mol. The third-order valence-corrected chi connectivity index (χ3v) is 3.95. The highest BCUT2D eigenvalue weighted by molar-refractivity contribution is 4.86. The highest BCUT2D eigenvalue weighted by atomic mass is 16.3. The number of rotatable bonds is 1. The maximum absolute atomic E-state index is 9.93. The molecule has 72 valence electrons. The summed E-state index contributed by atoms with van der Waals surface area (Å²) in [6.45, 7) is 8.96. The topological polar surface area (TPSA) is 20.2 Å². The Morgan fingerprint density at radius 1 is 1.17 bits per heavy atom. The third kappa shape index (κ3) is 1.66. The van der Waals surface area contributed by atoms with Crippen molar-refractivity contribution in [1.82, 2.24) is 0 Å². The molecule has 0 aromatic carbocycles. The SMILES string of the molecule is CC[C@H]1C[C@@H](C)[C@H](C)[C@@H](C)[C@H]1O. The lowest BCUT2D eigenvalue weighted by Crippen LogP contribution is -2.40. The first-order valence-electron chi connectivity index (χ1n) is 5.26. The molecule has 0 spiro atoms. The Balaban J connectivity index is 2.63. The highest BCUT2D eigenvalue weighted by Gasteiger charge is 2.36. The van der Waals surface area contributed by atoms with E-state index in [1.807, 2.05) is 0 Å². The van der Waals surface area contributed by atoms with E-state index in [1.165, 1.54) is 6.42 Å². The normalized spacial score (nSPS) is 49.2. The molecule has 1 nitrogen and oxygen atoms in total. The number of aliphatic hydroxyl groups is 1. The van der Waals surface area contributed by atoms with Crippen LogP contribution in [-0.4, -0.2) is 11.2 Å². The van der Waals surface area contributed by atoms with Crippen molar-refractivity contribution in [1.29, 1.82) is 0 Å². The van der Waals surface area contributed by atoms with Gasteiger partial charge in [-0.2, -0.15) is 0 Å². The van der Waals surface area contributed by atoms with Crippen LogP contribution in [0.1, 0.15) is 40.5 Å². The summed E-state index contributed by atoms with van der Waals surface area (Å²) in [4.78, 5) is 0. The molecule has 1 aliphatic rings. The maximum Gasteiger partial charge on any atom is 0.0596 e. The lowest BCUT2D eigenvalue weighted by Gasteiger charge is -2.41. The molecule has 1 N–H and O–H groups in total. The Morgan fingerprint density at radius 3 is 2.25 bits per heavy atom. The first kappa shape index (κ1) is 10.0. The van der Waals surface area contributed by atoms with Gasteiger partial charge in [0.2, 0.25) is 0 Å². The monoisotopic (exact) mass is 170 g/mol. The van der Waals surface area contributed by atoms with Crippen molar-refractivity contribution in [2.75, 3.05) is 0 Å². The first-order valence-corrected chi connectivity index (χ1v) is 5.26. The summed E-state index contributed by atoms with van der Waals surface area (Å²) in [5, 5.41) is 9.93. The smallest absolute Gasteiger partial charge is 0.0596 e. The van der Waals surface area contributed by atoms with Crippen LogP contribution >= 0.6 is 0 Å². The van der Waals surface area contributed by atoms with E-state index < -0.39 is 0 Å². The summed E-state index contributed by atoms with van der Waals surface area (Å²) in [6.07, 6.45) is 2.28. The Kier molecular flexibility index (Phi) is 3.16. The van der Waals surface area contributed by atoms with Gasteiger partial charge in [-0.25, -0.2) is 0 Å². The zero-order valence-electron chi connectivity index (χ0n) is 8.75. The van der Waals surface area contributed by atoms with Gasteiger partial charge in [-0.3, -0.25) is 0 Å². The molecule has 0 radical (unpaired) electrons. The highest BCUT2D eigenvalue weighted by Crippen LogP contribution is 2.38. The van der Waals surface area contributed by atoms with E-state index in [2.05, 4.69) is 27.7 Å². The van der Waals surface area contributed by atoms with Gasteiger partial charge in [-0.15, -0.1) is 0 Å². The second kappa shape index (κ2) is 3.78. The molecule has 1 heteroatoms. The predicted octanol–water partition coefficient (Wildman–Crippen LogP) is 2.69. The van der Waals surface area contributed by atoms with E-state index in [9.17, 15) is 5.11 Å². The van der Waals surface area contributed by atoms with Gasteiger partial charge in [-0.05, 0) is 30.1 Å². The van der Waals surface area contributed by atoms with Gasteiger partial charge in [-0.1, -0.05) is 34.1 Å². The van der Waals surface area contributed by atoms with Crippen LogP contribution in [0.15, 0.2) is 0 Å². The van der Waals surface area contributed by atoms with E-state index in [0.717, 1.165) is 12.3 Å². The molecule has 1 fully saturated rings. The van der Waals surface area contributed by atoms with E-state index in [1.54, 1.807) is 0 Å². The van der Waals surface area contributed by atoms with Gasteiger partial charge >= 0.3 is 0 Å². The van der Waals surface area contributed by atoms with Crippen LogP contribution in [0.5, 0.6) is 0 Å². The van der Waals surface area contributed by atoms with E-state index >= 15 is 0 Å². The van der Waals surface area contributed by atoms with Crippen molar-refractivity contribution in [3.05, 3.63) is 0 Å². The summed E-state index contributed by atoms with van der Waals surface area (Å²) in [5.74, 6) is 2.50. The molecule has 0 unspecified atom stereocenters. The molecule has 0 heterocycles. The first-order chi connectivity index (χ1) is 5.57. The second-order valence-corrected chi connectivity index (χ2v) is 4.59. The van der Waals surface area contributed by atoms with Gasteiger partial charge in [0, 0.05) is 0 Å². The summed E-state index contributed by atoms with van der Waals surface area (Å²) < 4.78 is 0. The zero-order valence-corrected chi connectivity index (χ0v) is 8.75. The molecule has 0 aromatic rings. The molecule has 1 saturated carbocycles. The van der Waals surface area contributed by atoms with Crippen molar-refractivity contribution >= 4 is 0 Å². The fourth-order valence-electron chi connectivity index (χ4n) is 2.50. The summed E-state index contributed by atoms with van der Waals surface area (Å²) >= 11 is 0. The van der Waals surface area contributed by atoms with Crippen LogP contribution in [0.25, 0.3) is 0 Å². The van der Waals surface area contributed by atoms with Crippen LogP contribution in [0.3, 0.4) is 0 Å². The molecule has 0 saturated heterocycles. The minimum Gasteiger partial charge on any atom is -0.393 e. The van der Waals surface area contributed by atoms with Gasteiger partial charge in [0.05, 0.1) is 6.10 Å². The minimum atomic E-state index is -0.0544. The summed E-state index contributed by atoms with van der Waals surface area (Å²) in [5.41, 5.74) is 0. The van der Waals surface area contributed by atoms with Gasteiger partial charge in [0.25, 0.3) is 0 Å². The average molecular weight is 170 g/mol. The van der Waals surface area contributed by atoms with Gasteiger partial charge in [0.1, 0.15) is 0 Å². The molecule has 0 aliphatic heterocycles. The summed E-state index contributed by atoms with van der Waals surface area (Å²) in [7, 11) is 0. The molecule has 1 aliphatic carbocycles. The lowest BCUT2D eigenvalue weighted by molar-refractivity contribution is -0.0265. The van der Waals surface area contributed by atoms with Crippen molar-refractivity contribution in [2.24, 2.45) is 23.7 Å². The van der Waals surface area contributed by atoms with E-state index in [0.29, 0.717) is 17.8 Å². The van der Waals surface area contributed by atoms with Gasteiger partial charge in [0.15, 0.2) is 0 Å². The Hall–Kier alpha value is -0.0400. The van der Waals surface area contributed by atoms with Gasteiger partial charge < -0.3 is 5.11 Å². The van der Waals surface area contributed by atoms with Crippen LogP contribution in [0.4, 0.5) is 0 Å². The maximum atomic E-state index is 9.93. The third-order valence-electron chi connectivity index (χ3n) is 3.95. The zero-order chi connectivity index (χ0) is 9.30. The summed E-state index contributed by atoms with van der Waals surface area (Å²) in [6, 6.07) is 0. The molecule has 12 heavy (non-hydrogen) atoms. The Labute approximate surface area is 76.2 Å². The van der Waals surface area contributed by atoms with Crippen molar-refractivity contribution in [2.45, 2.75) is 46.6 Å². The van der Waals surface area contributed by atoms with E-state index in [-0.39, 0.29) is 6.10 Å². The molecular formula is C11H22O. The van der Waals surface area contributed by atoms with Crippen molar-refractivity contribution in [3.8, 4) is 0 Å². The van der Waals surface area contributed by atoms with Crippen molar-refractivity contribution < 1.29 is 5.11 Å². The predicted molar refractivity (Wildman–Crippen MR) is 51.9 cm³/mol. The van der Waals surface area contributed by atoms with Crippen LogP contribution in [0.2, 0.25) is 0 Å². The van der Waals surface area contributed by atoms with E-state index in [4.69, 9.17) is 0 Å². The second-order valence-electron chi connectivity index (χ2n) is 4.59. The fourth-order valence-corrected chi connectivity index (χ4v) is 2.50. The number of hydrogen-bond acceptors (Lipinski definition) is 1. The molecule has 0 bridgehead atoms. The van der Waals surface area contributed by atoms with Crippen LogP contribution in [-0.2, 0) is 0 Å². The Bertz CT molecular complexity index is 139. The quantitative estimate of drug-likeness (QED) is 0.641. The fraction of sp³-hybridized carbons (Fsp3) is 1.00. The molecule has 0 aromatic heterocycles. The van der Waals surface area contributed by atoms with Crippen LogP contribution in [0, 0.1) is 23.7 Å². The molecule has 5 atom stereocenters. The van der Waals surface area contributed by atoms with Crippen LogP contribution < -0.4 is 0 Å². The molecule has 0 amide bonds. The number of hydrogen-bond donors (Lipinski definition) is 1. The standard InChI is InChI=1S/C11H22O/c1-5-10-6-7(2)8(3)9(4)11(10)12/h7-12H,5-6H2,1-4H3/t7-,8+,9-,10+,11-/m1/s1. The average Bonchev–Trinajstić information content (AvgIpc) is 2.08. The Morgan fingerprint density at radius 2 is 1.75 bits per heavy atom. The lowest BCUT2D eigenvalue weighted by atomic mass is 9.67. The van der Waals surface area contributed by atoms with Crippen molar-refractivity contribution in [3.63, 3.8) is 0 Å². The minimum absolute atomic E-state index is 0.0544. The molecule has 1 rings (SSSR count). The number of aliphatic hydroxyl groups excluding tert-OH is 1.